The molecule has 0 fully saturated rings. The molecule has 0 saturated carbocycles. The third-order valence-electron chi connectivity index (χ3n) is 8.52. The van der Waals surface area contributed by atoms with Gasteiger partial charge in [-0.05, 0) is 75.8 Å². The number of para-hydroxylation sites is 1. The van der Waals surface area contributed by atoms with Gasteiger partial charge in [-0.1, -0.05) is 97.1 Å². The Morgan fingerprint density at radius 1 is 0.605 bits per heavy atom. The van der Waals surface area contributed by atoms with Crippen molar-refractivity contribution in [2.75, 3.05) is 11.5 Å². The van der Waals surface area contributed by atoms with Crippen LogP contribution in [-0.2, 0) is 9.72 Å². The summed E-state index contributed by atoms with van der Waals surface area (Å²) in [7, 11) is -3.77. The van der Waals surface area contributed by atoms with Crippen molar-refractivity contribution >= 4 is 24.0 Å². The minimum atomic E-state index is -3.77. The maximum atomic E-state index is 16.2. The number of ether oxygens (including phenoxy) is 1. The number of hydrogen-bond donors (Lipinski definition) is 2. The van der Waals surface area contributed by atoms with Gasteiger partial charge in [0.15, 0.2) is 0 Å². The fourth-order valence-corrected chi connectivity index (χ4v) is 10.1. The van der Waals surface area contributed by atoms with Gasteiger partial charge in [0.1, 0.15) is 22.4 Å². The van der Waals surface area contributed by atoms with Crippen LogP contribution in [0.5, 0.6) is 17.2 Å². The lowest BCUT2D eigenvalue weighted by Crippen LogP contribution is -2.36. The predicted molar refractivity (Wildman–Crippen MR) is 173 cm³/mol. The first-order chi connectivity index (χ1) is 21.0. The molecule has 0 amide bonds. The Bertz CT molecular complexity index is 2060. The molecule has 0 bridgehead atoms. The molecule has 4 N–H and O–H groups in total. The van der Waals surface area contributed by atoms with Crippen LogP contribution in [0.15, 0.2) is 140 Å². The minimum Gasteiger partial charge on any atom is -0.455 e. The van der Waals surface area contributed by atoms with Gasteiger partial charge in [0, 0.05) is 11.3 Å². The van der Waals surface area contributed by atoms with Crippen molar-refractivity contribution in [3.63, 3.8) is 0 Å². The van der Waals surface area contributed by atoms with Crippen molar-refractivity contribution in [1.82, 2.24) is 0 Å². The van der Waals surface area contributed by atoms with E-state index in [4.69, 9.17) is 20.7 Å². The first kappa shape index (κ1) is 25.5. The molecular formula is C37H27N2O3P. The second-order valence-corrected chi connectivity index (χ2v) is 13.3. The lowest BCUT2D eigenvalue weighted by molar-refractivity contribution is 0.469. The van der Waals surface area contributed by atoms with E-state index in [2.05, 4.69) is 24.3 Å². The second-order valence-electron chi connectivity index (χ2n) is 10.9. The largest absolute Gasteiger partial charge is 0.455 e. The van der Waals surface area contributed by atoms with Crippen LogP contribution in [-0.4, -0.2) is 0 Å². The van der Waals surface area contributed by atoms with Gasteiger partial charge in [-0.3, -0.25) is 4.57 Å². The van der Waals surface area contributed by atoms with Crippen LogP contribution in [0.1, 0.15) is 16.7 Å². The molecule has 0 aromatic heterocycles. The monoisotopic (exact) mass is 578 g/mol. The summed E-state index contributed by atoms with van der Waals surface area (Å²) < 4.78 is 29.2. The van der Waals surface area contributed by atoms with Gasteiger partial charge in [0.25, 0.3) is 7.37 Å². The van der Waals surface area contributed by atoms with E-state index in [0.717, 1.165) is 38.9 Å². The third-order valence-corrected chi connectivity index (χ3v) is 11.6. The van der Waals surface area contributed by atoms with Crippen LogP contribution in [0.3, 0.4) is 0 Å². The van der Waals surface area contributed by atoms with E-state index in [1.54, 1.807) is 18.2 Å². The van der Waals surface area contributed by atoms with Crippen molar-refractivity contribution in [1.29, 1.82) is 0 Å². The highest BCUT2D eigenvalue weighted by atomic mass is 31.2. The minimum absolute atomic E-state index is 0.453. The van der Waals surface area contributed by atoms with Gasteiger partial charge in [0.05, 0.1) is 11.0 Å². The maximum absolute atomic E-state index is 16.2. The van der Waals surface area contributed by atoms with Crippen molar-refractivity contribution in [3.05, 3.63) is 156 Å². The smallest absolute Gasteiger partial charge is 0.296 e. The van der Waals surface area contributed by atoms with Gasteiger partial charge in [-0.15, -0.1) is 0 Å². The summed E-state index contributed by atoms with van der Waals surface area (Å²) in [4.78, 5) is 0. The zero-order valence-electron chi connectivity index (χ0n) is 23.1. The van der Waals surface area contributed by atoms with Gasteiger partial charge >= 0.3 is 0 Å². The van der Waals surface area contributed by atoms with Crippen molar-refractivity contribution in [2.45, 2.75) is 5.16 Å². The van der Waals surface area contributed by atoms with Gasteiger partial charge < -0.3 is 20.7 Å². The lowest BCUT2D eigenvalue weighted by Gasteiger charge is -2.42. The van der Waals surface area contributed by atoms with E-state index < -0.39 is 12.5 Å². The highest BCUT2D eigenvalue weighted by Crippen LogP contribution is 2.75. The molecule has 5 nitrogen and oxygen atoms in total. The highest BCUT2D eigenvalue weighted by molar-refractivity contribution is 7.69. The topological polar surface area (TPSA) is 87.6 Å². The van der Waals surface area contributed by atoms with Crippen molar-refractivity contribution in [2.24, 2.45) is 0 Å². The fraction of sp³-hybridized carbons (Fsp3) is 0.0270. The molecule has 1 unspecified atom stereocenters. The number of rotatable bonds is 4. The van der Waals surface area contributed by atoms with Crippen LogP contribution in [0.2, 0.25) is 0 Å². The SMILES string of the molecule is Nc1ccc(Oc2ccc(C3(P4(=O)Oc5ccccc5-c5ccccc54)c4ccccc4-c4ccccc43)cc2)c(N)c1. The quantitative estimate of drug-likeness (QED) is 0.162. The van der Waals surface area contributed by atoms with Crippen LogP contribution >= 0.6 is 7.37 Å². The molecule has 2 aliphatic rings. The van der Waals surface area contributed by atoms with Gasteiger partial charge in [-0.2, -0.15) is 0 Å². The molecule has 0 spiro atoms. The Labute approximate surface area is 249 Å². The molecule has 6 heteroatoms. The summed E-state index contributed by atoms with van der Waals surface area (Å²) in [5.74, 6) is 1.73. The summed E-state index contributed by atoms with van der Waals surface area (Å²) in [5, 5.41) is -0.419. The van der Waals surface area contributed by atoms with Crippen LogP contribution in [0.25, 0.3) is 22.3 Å². The van der Waals surface area contributed by atoms with E-state index in [1.807, 2.05) is 97.1 Å². The molecule has 1 aliphatic carbocycles. The molecule has 6 aromatic carbocycles. The molecule has 6 aromatic rings. The molecule has 43 heavy (non-hydrogen) atoms. The molecule has 208 valence electrons. The molecule has 1 atom stereocenters. The molecule has 0 radical (unpaired) electrons. The zero-order chi connectivity index (χ0) is 29.2. The standard InChI is InChI=1S/C37H27N2O3P/c38-25-19-22-35(33(39)23-25)41-26-20-17-24(18-21-26)37(31-13-5-1-9-27(31)28-10-2-6-14-32(28)37)43(40)36-16-8-4-12-30(36)29-11-3-7-15-34(29)42-43/h1-23H,38-39H2. The average Bonchev–Trinajstić information content (AvgIpc) is 3.35. The van der Waals surface area contributed by atoms with E-state index >= 15 is 4.57 Å². The molecule has 1 aliphatic heterocycles. The number of anilines is 2. The summed E-state index contributed by atoms with van der Waals surface area (Å²) >= 11 is 0. The van der Waals surface area contributed by atoms with E-state index in [-0.39, 0.29) is 0 Å². The Kier molecular flexibility index (Phi) is 5.56. The van der Waals surface area contributed by atoms with Crippen LogP contribution in [0.4, 0.5) is 11.4 Å². The zero-order valence-corrected chi connectivity index (χ0v) is 24.0. The number of nitrogens with two attached hydrogens (primary N) is 2. The van der Waals surface area contributed by atoms with Crippen LogP contribution in [0, 0.1) is 0 Å². The Hall–Kier alpha value is -5.25. The normalized spacial score (nSPS) is 17.1. The summed E-state index contributed by atoms with van der Waals surface area (Å²) in [6, 6.07) is 45.2. The first-order valence-corrected chi connectivity index (χ1v) is 15.7. The van der Waals surface area contributed by atoms with Gasteiger partial charge in [-0.25, -0.2) is 0 Å². The van der Waals surface area contributed by atoms with Gasteiger partial charge in [0.2, 0.25) is 0 Å². The number of benzene rings is 6. The highest BCUT2D eigenvalue weighted by Gasteiger charge is 2.61. The Morgan fingerprint density at radius 2 is 1.19 bits per heavy atom. The summed E-state index contributed by atoms with van der Waals surface area (Å²) in [6.45, 7) is 0. The molecule has 8 rings (SSSR count). The fourth-order valence-electron chi connectivity index (χ4n) is 6.72. The van der Waals surface area contributed by atoms with E-state index in [1.165, 1.54) is 0 Å². The number of hydrogen-bond acceptors (Lipinski definition) is 5. The first-order valence-electron chi connectivity index (χ1n) is 14.1. The van der Waals surface area contributed by atoms with E-state index in [0.29, 0.717) is 33.9 Å². The Balaban J connectivity index is 1.40. The third kappa shape index (κ3) is 3.55. The number of nitrogen functional groups attached to an aromatic ring is 2. The lowest BCUT2D eigenvalue weighted by atomic mass is 9.88. The second kappa shape index (κ2) is 9.38. The van der Waals surface area contributed by atoms with Crippen molar-refractivity contribution < 1.29 is 13.8 Å². The molecular weight excluding hydrogens is 551 g/mol. The predicted octanol–water partition coefficient (Wildman–Crippen LogP) is 8.58. The maximum Gasteiger partial charge on any atom is 0.296 e. The number of fused-ring (bicyclic) bond motifs is 6. The molecule has 1 heterocycles. The summed E-state index contributed by atoms with van der Waals surface area (Å²) in [5.41, 5.74) is 19.8. The van der Waals surface area contributed by atoms with E-state index in [9.17, 15) is 0 Å². The van der Waals surface area contributed by atoms with Crippen LogP contribution < -0.4 is 26.0 Å². The molecule has 0 saturated heterocycles. The summed E-state index contributed by atoms with van der Waals surface area (Å²) in [6.07, 6.45) is 0. The average molecular weight is 579 g/mol. The van der Waals surface area contributed by atoms with Crippen molar-refractivity contribution in [3.8, 4) is 39.5 Å². The Morgan fingerprint density at radius 3 is 1.86 bits per heavy atom.